The van der Waals surface area contributed by atoms with E-state index in [0.717, 1.165) is 12.1 Å². The van der Waals surface area contributed by atoms with Crippen LogP contribution >= 0.6 is 0 Å². The number of carboxylic acids is 1. The number of hydrogen-bond donors (Lipinski definition) is 1. The van der Waals surface area contributed by atoms with E-state index in [1.807, 2.05) is 6.92 Å². The highest BCUT2D eigenvalue weighted by molar-refractivity contribution is 5.66. The van der Waals surface area contributed by atoms with Gasteiger partial charge in [-0.3, -0.25) is 9.69 Å². The van der Waals surface area contributed by atoms with Gasteiger partial charge in [-0.15, -0.1) is 0 Å². The van der Waals surface area contributed by atoms with E-state index in [-0.39, 0.29) is 6.42 Å². The van der Waals surface area contributed by atoms with Gasteiger partial charge in [-0.25, -0.2) is 0 Å². The predicted octanol–water partition coefficient (Wildman–Crippen LogP) is 3.06. The van der Waals surface area contributed by atoms with Gasteiger partial charge in [0.1, 0.15) is 0 Å². The molecule has 1 aliphatic rings. The monoisotopic (exact) mass is 239 g/mol. The molecule has 1 N–H and O–H groups in total. The van der Waals surface area contributed by atoms with Gasteiger partial charge in [0.25, 0.3) is 0 Å². The minimum atomic E-state index is -0.703. The van der Waals surface area contributed by atoms with Crippen LogP contribution in [0.25, 0.3) is 0 Å². The normalized spacial score (nSPS) is 18.0. The summed E-state index contributed by atoms with van der Waals surface area (Å²) in [5, 5.41) is 8.80. The highest BCUT2D eigenvalue weighted by Gasteiger charge is 2.20. The quantitative estimate of drug-likeness (QED) is 0.572. The Balaban J connectivity index is 2.52. The molecule has 1 fully saturated rings. The fraction of sp³-hybridized carbons (Fsp3) is 0.786. The van der Waals surface area contributed by atoms with E-state index < -0.39 is 5.97 Å². The lowest BCUT2D eigenvalue weighted by Crippen LogP contribution is -2.37. The lowest BCUT2D eigenvalue weighted by atomic mass is 10.1. The molecule has 0 heterocycles. The van der Waals surface area contributed by atoms with E-state index in [1.54, 1.807) is 0 Å². The van der Waals surface area contributed by atoms with Crippen LogP contribution in [0, 0.1) is 0 Å². The van der Waals surface area contributed by atoms with Gasteiger partial charge in [0, 0.05) is 19.1 Å². The fourth-order valence-corrected chi connectivity index (χ4v) is 2.60. The number of rotatable bonds is 6. The van der Waals surface area contributed by atoms with Crippen LogP contribution in [0.3, 0.4) is 0 Å². The third-order valence-corrected chi connectivity index (χ3v) is 3.43. The molecule has 0 bridgehead atoms. The van der Waals surface area contributed by atoms with Gasteiger partial charge in [0.2, 0.25) is 0 Å². The predicted molar refractivity (Wildman–Crippen MR) is 70.1 cm³/mol. The second-order valence-corrected chi connectivity index (χ2v) is 5.22. The van der Waals surface area contributed by atoms with Crippen LogP contribution in [0.15, 0.2) is 12.2 Å². The zero-order chi connectivity index (χ0) is 12.7. The zero-order valence-electron chi connectivity index (χ0n) is 11.0. The topological polar surface area (TPSA) is 40.5 Å². The Morgan fingerprint density at radius 2 is 1.88 bits per heavy atom. The summed E-state index contributed by atoms with van der Waals surface area (Å²) in [5.74, 6) is -0.703. The SMILES string of the molecule is C=C(C)CN(CCC(=O)O)C1CCCCCC1. The second-order valence-electron chi connectivity index (χ2n) is 5.22. The summed E-state index contributed by atoms with van der Waals surface area (Å²) in [4.78, 5) is 13.0. The van der Waals surface area contributed by atoms with E-state index >= 15 is 0 Å². The lowest BCUT2D eigenvalue weighted by molar-refractivity contribution is -0.137. The molecule has 0 aromatic rings. The van der Waals surface area contributed by atoms with Crippen molar-refractivity contribution in [3.05, 3.63) is 12.2 Å². The Labute approximate surface area is 105 Å². The number of carboxylic acid groups (broad SMARTS) is 1. The van der Waals surface area contributed by atoms with E-state index in [1.165, 1.54) is 38.5 Å². The van der Waals surface area contributed by atoms with E-state index in [0.29, 0.717) is 12.6 Å². The van der Waals surface area contributed by atoms with Gasteiger partial charge in [-0.05, 0) is 19.8 Å². The zero-order valence-corrected chi connectivity index (χ0v) is 11.0. The molecule has 0 aromatic heterocycles. The summed E-state index contributed by atoms with van der Waals surface area (Å²) < 4.78 is 0. The van der Waals surface area contributed by atoms with Crippen molar-refractivity contribution >= 4 is 5.97 Å². The van der Waals surface area contributed by atoms with Crippen molar-refractivity contribution in [2.45, 2.75) is 57.9 Å². The minimum absolute atomic E-state index is 0.240. The van der Waals surface area contributed by atoms with E-state index in [9.17, 15) is 4.79 Å². The van der Waals surface area contributed by atoms with Crippen molar-refractivity contribution in [3.63, 3.8) is 0 Å². The van der Waals surface area contributed by atoms with Crippen LogP contribution in [0.4, 0.5) is 0 Å². The lowest BCUT2D eigenvalue weighted by Gasteiger charge is -2.30. The molecule has 0 saturated heterocycles. The summed E-state index contributed by atoms with van der Waals surface area (Å²) in [6.45, 7) is 7.47. The fourth-order valence-electron chi connectivity index (χ4n) is 2.60. The Bertz CT molecular complexity index is 255. The molecular formula is C14H25NO2. The van der Waals surface area contributed by atoms with Crippen LogP contribution < -0.4 is 0 Å². The smallest absolute Gasteiger partial charge is 0.304 e. The van der Waals surface area contributed by atoms with Crippen molar-refractivity contribution < 1.29 is 9.90 Å². The molecule has 0 spiro atoms. The molecule has 1 saturated carbocycles. The van der Waals surface area contributed by atoms with Crippen LogP contribution in [0.1, 0.15) is 51.9 Å². The highest BCUT2D eigenvalue weighted by atomic mass is 16.4. The van der Waals surface area contributed by atoms with Gasteiger partial charge in [0.05, 0.1) is 6.42 Å². The van der Waals surface area contributed by atoms with E-state index in [2.05, 4.69) is 11.5 Å². The number of aliphatic carboxylic acids is 1. The largest absolute Gasteiger partial charge is 0.481 e. The van der Waals surface area contributed by atoms with Crippen molar-refractivity contribution in [3.8, 4) is 0 Å². The number of hydrogen-bond acceptors (Lipinski definition) is 2. The van der Waals surface area contributed by atoms with Crippen molar-refractivity contribution in [2.75, 3.05) is 13.1 Å². The second kappa shape index (κ2) is 7.49. The first kappa shape index (κ1) is 14.2. The Morgan fingerprint density at radius 1 is 1.29 bits per heavy atom. The standard InChI is InChI=1S/C14H25NO2/c1-12(2)11-15(10-9-14(16)17)13-7-5-3-4-6-8-13/h13H,1,3-11H2,2H3,(H,16,17). The maximum atomic E-state index is 10.7. The summed E-state index contributed by atoms with van der Waals surface area (Å²) in [6.07, 6.45) is 7.89. The molecule has 0 radical (unpaired) electrons. The van der Waals surface area contributed by atoms with Gasteiger partial charge >= 0.3 is 5.97 Å². The van der Waals surface area contributed by atoms with Crippen LogP contribution in [0.2, 0.25) is 0 Å². The molecular weight excluding hydrogens is 214 g/mol. The third kappa shape index (κ3) is 5.87. The van der Waals surface area contributed by atoms with Gasteiger partial charge in [-0.2, -0.15) is 0 Å². The van der Waals surface area contributed by atoms with E-state index in [4.69, 9.17) is 5.11 Å². The number of nitrogens with zero attached hydrogens (tertiary/aromatic N) is 1. The summed E-state index contributed by atoms with van der Waals surface area (Å²) in [7, 11) is 0. The average molecular weight is 239 g/mol. The molecule has 3 heteroatoms. The molecule has 3 nitrogen and oxygen atoms in total. The van der Waals surface area contributed by atoms with Crippen LogP contribution in [0.5, 0.6) is 0 Å². The minimum Gasteiger partial charge on any atom is -0.481 e. The molecule has 0 aliphatic heterocycles. The molecule has 98 valence electrons. The Kier molecular flexibility index (Phi) is 6.27. The maximum absolute atomic E-state index is 10.7. The average Bonchev–Trinajstić information content (AvgIpc) is 2.51. The molecule has 0 aromatic carbocycles. The van der Waals surface area contributed by atoms with Gasteiger partial charge in [-0.1, -0.05) is 37.8 Å². The van der Waals surface area contributed by atoms with Gasteiger partial charge < -0.3 is 5.11 Å². The van der Waals surface area contributed by atoms with Crippen molar-refractivity contribution in [1.29, 1.82) is 0 Å². The van der Waals surface area contributed by atoms with Gasteiger partial charge in [0.15, 0.2) is 0 Å². The van der Waals surface area contributed by atoms with Crippen LogP contribution in [-0.2, 0) is 4.79 Å². The first-order chi connectivity index (χ1) is 8.09. The first-order valence-corrected chi connectivity index (χ1v) is 6.70. The molecule has 17 heavy (non-hydrogen) atoms. The Hall–Kier alpha value is -0.830. The van der Waals surface area contributed by atoms with Crippen LogP contribution in [-0.4, -0.2) is 35.1 Å². The maximum Gasteiger partial charge on any atom is 0.304 e. The summed E-state index contributed by atoms with van der Waals surface area (Å²) >= 11 is 0. The molecule has 0 amide bonds. The summed E-state index contributed by atoms with van der Waals surface area (Å²) in [6, 6.07) is 0.563. The highest BCUT2D eigenvalue weighted by Crippen LogP contribution is 2.22. The third-order valence-electron chi connectivity index (χ3n) is 3.43. The number of carbonyl (C=O) groups is 1. The molecule has 1 aliphatic carbocycles. The Morgan fingerprint density at radius 3 is 2.35 bits per heavy atom. The van der Waals surface area contributed by atoms with Crippen molar-refractivity contribution in [1.82, 2.24) is 4.90 Å². The summed E-state index contributed by atoms with van der Waals surface area (Å²) in [5.41, 5.74) is 1.12. The first-order valence-electron chi connectivity index (χ1n) is 6.70. The van der Waals surface area contributed by atoms with Crippen molar-refractivity contribution in [2.24, 2.45) is 0 Å². The molecule has 1 rings (SSSR count). The molecule has 0 unspecified atom stereocenters. The molecule has 0 atom stereocenters.